The second kappa shape index (κ2) is 6.90. The van der Waals surface area contributed by atoms with Crippen LogP contribution in [-0.4, -0.2) is 43.3 Å². The van der Waals surface area contributed by atoms with Crippen molar-refractivity contribution < 1.29 is 23.8 Å². The van der Waals surface area contributed by atoms with Crippen LogP contribution in [0.4, 0.5) is 0 Å². The quantitative estimate of drug-likeness (QED) is 0.381. The zero-order chi connectivity index (χ0) is 21.3. The van der Waals surface area contributed by atoms with Crippen LogP contribution >= 0.6 is 0 Å². The molecule has 0 unspecified atom stereocenters. The van der Waals surface area contributed by atoms with Crippen molar-refractivity contribution in [2.45, 2.75) is 89.9 Å². The molecule has 4 aliphatic carbocycles. The van der Waals surface area contributed by atoms with Crippen LogP contribution in [0.1, 0.15) is 72.1 Å². The Morgan fingerprint density at radius 2 is 2.00 bits per heavy atom. The normalized spacial score (nSPS) is 48.5. The van der Waals surface area contributed by atoms with Crippen molar-refractivity contribution in [1.82, 2.24) is 0 Å². The molecule has 5 aliphatic rings. The zero-order valence-corrected chi connectivity index (χ0v) is 18.9. The third-order valence-electron chi connectivity index (χ3n) is 9.77. The lowest BCUT2D eigenvalue weighted by molar-refractivity contribution is -0.149. The molecule has 3 saturated carbocycles. The number of carbonyl (C=O) groups excluding carboxylic acids is 2. The van der Waals surface area contributed by atoms with Crippen molar-refractivity contribution in [3.05, 3.63) is 11.6 Å². The van der Waals surface area contributed by atoms with E-state index in [0.717, 1.165) is 38.5 Å². The minimum atomic E-state index is -0.543. The van der Waals surface area contributed by atoms with Crippen LogP contribution in [0.5, 0.6) is 0 Å². The van der Waals surface area contributed by atoms with Gasteiger partial charge in [-0.05, 0) is 61.7 Å². The Labute approximate surface area is 179 Å². The number of ether oxygens (including phenoxy) is 3. The second-order valence-corrected chi connectivity index (χ2v) is 10.9. The number of ketones is 1. The maximum atomic E-state index is 13.1. The number of rotatable bonds is 5. The topological polar surface area (TPSA) is 65.1 Å². The first-order chi connectivity index (χ1) is 14.3. The highest BCUT2D eigenvalue weighted by atomic mass is 16.6. The largest absolute Gasteiger partial charge is 0.462 e. The van der Waals surface area contributed by atoms with Crippen LogP contribution < -0.4 is 0 Å². The van der Waals surface area contributed by atoms with Gasteiger partial charge in [0.15, 0.2) is 11.4 Å². The first-order valence-electron chi connectivity index (χ1n) is 11.8. The van der Waals surface area contributed by atoms with Crippen LogP contribution in [0.3, 0.4) is 0 Å². The lowest BCUT2D eigenvalue weighted by atomic mass is 9.47. The molecule has 1 heterocycles. The first kappa shape index (κ1) is 20.7. The smallest absolute Gasteiger partial charge is 0.302 e. The number of carbonyl (C=O) groups is 2. The summed E-state index contributed by atoms with van der Waals surface area (Å²) in [6.07, 6.45) is 10.4. The summed E-state index contributed by atoms with van der Waals surface area (Å²) in [6.45, 7) is 6.79. The lowest BCUT2D eigenvalue weighted by Gasteiger charge is -2.58. The zero-order valence-electron chi connectivity index (χ0n) is 18.9. The van der Waals surface area contributed by atoms with Crippen LogP contribution in [0.25, 0.3) is 0 Å². The van der Waals surface area contributed by atoms with Crippen LogP contribution in [0, 0.1) is 28.6 Å². The Morgan fingerprint density at radius 3 is 2.73 bits per heavy atom. The molecular weight excluding hydrogens is 380 g/mol. The van der Waals surface area contributed by atoms with E-state index in [1.165, 1.54) is 18.9 Å². The molecule has 0 aromatic carbocycles. The van der Waals surface area contributed by atoms with Crippen molar-refractivity contribution in [2.75, 3.05) is 13.7 Å². The van der Waals surface area contributed by atoms with Gasteiger partial charge < -0.3 is 14.2 Å². The van der Waals surface area contributed by atoms with Gasteiger partial charge >= 0.3 is 5.97 Å². The SMILES string of the molecule is COCCC(=O)[C@@]12O[C@@H]1C[C@@H]1[C@@H]3CC=C4C[C@H](OC(C)=O)CC[C@]4(C)[C@@H]3CC[C@@]12C. The minimum absolute atomic E-state index is 0.0414. The van der Waals surface area contributed by atoms with E-state index in [9.17, 15) is 9.59 Å². The van der Waals surface area contributed by atoms with Crippen LogP contribution in [0.2, 0.25) is 0 Å². The van der Waals surface area contributed by atoms with Crippen molar-refractivity contribution in [2.24, 2.45) is 28.6 Å². The summed E-state index contributed by atoms with van der Waals surface area (Å²) in [4.78, 5) is 24.6. The summed E-state index contributed by atoms with van der Waals surface area (Å²) in [7, 11) is 1.66. The molecule has 4 fully saturated rings. The van der Waals surface area contributed by atoms with Gasteiger partial charge in [0.1, 0.15) is 6.10 Å². The molecule has 1 aliphatic heterocycles. The van der Waals surface area contributed by atoms with Gasteiger partial charge in [0.2, 0.25) is 0 Å². The van der Waals surface area contributed by atoms with Crippen molar-refractivity contribution in [3.63, 3.8) is 0 Å². The van der Waals surface area contributed by atoms with Crippen molar-refractivity contribution in [1.29, 1.82) is 0 Å². The summed E-state index contributed by atoms with van der Waals surface area (Å²) in [5, 5.41) is 0. The number of Topliss-reactive ketones (excluding diaryl/α,β-unsaturated/α-hetero) is 1. The number of hydrogen-bond donors (Lipinski definition) is 0. The molecule has 0 aromatic heterocycles. The summed E-state index contributed by atoms with van der Waals surface area (Å²) < 4.78 is 16.9. The summed E-state index contributed by atoms with van der Waals surface area (Å²) >= 11 is 0. The molecular formula is C25H36O5. The fourth-order valence-electron chi connectivity index (χ4n) is 8.26. The highest BCUT2D eigenvalue weighted by Crippen LogP contribution is 2.73. The predicted octanol–water partition coefficient (Wildman–Crippen LogP) is 4.23. The summed E-state index contributed by atoms with van der Waals surface area (Å²) in [5.41, 5.74) is 1.14. The maximum Gasteiger partial charge on any atom is 0.302 e. The number of allylic oxidation sites excluding steroid dienone is 1. The van der Waals surface area contributed by atoms with Crippen LogP contribution in [0.15, 0.2) is 11.6 Å². The molecule has 0 spiro atoms. The van der Waals surface area contributed by atoms with Crippen LogP contribution in [-0.2, 0) is 23.8 Å². The molecule has 0 bridgehead atoms. The fraction of sp³-hybridized carbons (Fsp3) is 0.840. The van der Waals surface area contributed by atoms with Gasteiger partial charge in [-0.1, -0.05) is 25.5 Å². The molecule has 0 N–H and O–H groups in total. The lowest BCUT2D eigenvalue weighted by Crippen LogP contribution is -2.54. The van der Waals surface area contributed by atoms with E-state index < -0.39 is 5.60 Å². The third kappa shape index (κ3) is 2.67. The molecule has 5 heteroatoms. The highest BCUT2D eigenvalue weighted by molar-refractivity contribution is 5.92. The van der Waals surface area contributed by atoms with E-state index in [1.54, 1.807) is 7.11 Å². The van der Waals surface area contributed by atoms with Gasteiger partial charge in [-0.25, -0.2) is 0 Å². The van der Waals surface area contributed by atoms with Gasteiger partial charge in [-0.3, -0.25) is 9.59 Å². The van der Waals surface area contributed by atoms with E-state index in [2.05, 4.69) is 19.9 Å². The van der Waals surface area contributed by atoms with Crippen molar-refractivity contribution in [3.8, 4) is 0 Å². The molecule has 0 amide bonds. The van der Waals surface area contributed by atoms with Gasteiger partial charge in [-0.2, -0.15) is 0 Å². The molecule has 0 radical (unpaired) electrons. The Kier molecular flexibility index (Phi) is 4.76. The molecule has 166 valence electrons. The molecule has 0 aromatic rings. The molecule has 8 atom stereocenters. The number of epoxide rings is 1. The first-order valence-corrected chi connectivity index (χ1v) is 11.8. The Morgan fingerprint density at radius 1 is 1.20 bits per heavy atom. The standard InChI is InChI=1S/C25H36O5/c1-15(26)29-17-7-10-23(2)16(13-17)5-6-18-19(23)8-11-24(3)20(18)14-22-25(24,30-22)21(27)9-12-28-4/h5,17-20,22H,6-14H2,1-4H3/t17-,18-,19-,20-,22-,23+,24+,25-/m1/s1. The number of esters is 1. The van der Waals surface area contributed by atoms with Gasteiger partial charge in [0.05, 0.1) is 12.7 Å². The van der Waals surface area contributed by atoms with E-state index in [0.29, 0.717) is 30.8 Å². The number of methoxy groups -OCH3 is 1. The fourth-order valence-corrected chi connectivity index (χ4v) is 8.26. The van der Waals surface area contributed by atoms with E-state index in [-0.39, 0.29) is 34.8 Å². The Balaban J connectivity index is 1.38. The van der Waals surface area contributed by atoms with E-state index in [4.69, 9.17) is 14.2 Å². The van der Waals surface area contributed by atoms with Gasteiger partial charge in [0.25, 0.3) is 0 Å². The second-order valence-electron chi connectivity index (χ2n) is 10.9. The van der Waals surface area contributed by atoms with Gasteiger partial charge in [-0.15, -0.1) is 0 Å². The third-order valence-corrected chi connectivity index (χ3v) is 9.77. The summed E-state index contributed by atoms with van der Waals surface area (Å²) in [6, 6.07) is 0. The molecule has 1 saturated heterocycles. The molecule has 30 heavy (non-hydrogen) atoms. The van der Waals surface area contributed by atoms with Gasteiger partial charge in [0, 0.05) is 32.3 Å². The average Bonchev–Trinajstić information content (AvgIpc) is 3.38. The average molecular weight is 417 g/mol. The Bertz CT molecular complexity index is 788. The summed E-state index contributed by atoms with van der Waals surface area (Å²) in [5.74, 6) is 1.95. The highest BCUT2D eigenvalue weighted by Gasteiger charge is 2.79. The number of hydrogen-bond acceptors (Lipinski definition) is 5. The Hall–Kier alpha value is -1.20. The van der Waals surface area contributed by atoms with E-state index in [1.807, 2.05) is 0 Å². The minimum Gasteiger partial charge on any atom is -0.462 e. The van der Waals surface area contributed by atoms with Crippen molar-refractivity contribution >= 4 is 11.8 Å². The number of fused-ring (bicyclic) bond motifs is 7. The van der Waals surface area contributed by atoms with E-state index >= 15 is 0 Å². The monoisotopic (exact) mass is 416 g/mol. The molecule has 5 nitrogen and oxygen atoms in total. The maximum absolute atomic E-state index is 13.1. The molecule has 5 rings (SSSR count). The predicted molar refractivity (Wildman–Crippen MR) is 112 cm³/mol.